The van der Waals surface area contributed by atoms with Gasteiger partial charge in [0.2, 0.25) is 0 Å². The van der Waals surface area contributed by atoms with Crippen LogP contribution in [-0.2, 0) is 4.79 Å². The first-order valence-corrected chi connectivity index (χ1v) is 7.37. The molecule has 5 nitrogen and oxygen atoms in total. The Morgan fingerprint density at radius 1 is 1.29 bits per heavy atom. The Morgan fingerprint density at radius 3 is 2.48 bits per heavy atom. The second kappa shape index (κ2) is 8.52. The van der Waals surface area contributed by atoms with Crippen LogP contribution < -0.4 is 20.5 Å². The van der Waals surface area contributed by atoms with Crippen LogP contribution in [-0.4, -0.2) is 25.7 Å². The fourth-order valence-corrected chi connectivity index (χ4v) is 1.99. The molecule has 0 unspecified atom stereocenters. The number of nitrogens with two attached hydrogens (primary N) is 1. The number of carbonyl (C=O) groups is 1. The highest BCUT2D eigenvalue weighted by Gasteiger charge is 2.12. The number of hydrogen-bond donors (Lipinski definition) is 2. The Labute approximate surface area is 126 Å². The maximum Gasteiger partial charge on any atom is 0.258 e. The van der Waals surface area contributed by atoms with Crippen molar-refractivity contribution in [2.45, 2.75) is 45.7 Å². The van der Waals surface area contributed by atoms with Crippen molar-refractivity contribution < 1.29 is 14.3 Å². The van der Waals surface area contributed by atoms with Crippen LogP contribution in [0.15, 0.2) is 18.2 Å². The van der Waals surface area contributed by atoms with E-state index in [0.717, 1.165) is 18.4 Å². The summed E-state index contributed by atoms with van der Waals surface area (Å²) in [7, 11) is 1.57. The maximum atomic E-state index is 11.8. The van der Waals surface area contributed by atoms with Gasteiger partial charge in [-0.05, 0) is 37.5 Å². The van der Waals surface area contributed by atoms with Crippen LogP contribution in [0.5, 0.6) is 11.5 Å². The highest BCUT2D eigenvalue weighted by Crippen LogP contribution is 2.29. The average Bonchev–Trinajstić information content (AvgIpc) is 2.50. The molecule has 21 heavy (non-hydrogen) atoms. The summed E-state index contributed by atoms with van der Waals surface area (Å²) in [6.45, 7) is 5.97. The van der Waals surface area contributed by atoms with Crippen molar-refractivity contribution in [2.24, 2.45) is 5.73 Å². The van der Waals surface area contributed by atoms with Crippen molar-refractivity contribution in [1.82, 2.24) is 5.32 Å². The van der Waals surface area contributed by atoms with Crippen LogP contribution in [0.3, 0.4) is 0 Å². The quantitative estimate of drug-likeness (QED) is 0.772. The Morgan fingerprint density at radius 2 is 1.95 bits per heavy atom. The highest BCUT2D eigenvalue weighted by atomic mass is 16.5. The predicted molar refractivity (Wildman–Crippen MR) is 83.6 cm³/mol. The van der Waals surface area contributed by atoms with Gasteiger partial charge in [0.15, 0.2) is 18.1 Å². The summed E-state index contributed by atoms with van der Waals surface area (Å²) < 4.78 is 10.8. The molecule has 0 saturated heterocycles. The van der Waals surface area contributed by atoms with Gasteiger partial charge in [0.25, 0.3) is 5.91 Å². The fourth-order valence-electron chi connectivity index (χ4n) is 1.99. The summed E-state index contributed by atoms with van der Waals surface area (Å²) in [5.74, 6) is 1.00. The monoisotopic (exact) mass is 294 g/mol. The summed E-state index contributed by atoms with van der Waals surface area (Å²) in [5.41, 5.74) is 6.79. The molecule has 0 heterocycles. The first kappa shape index (κ1) is 17.3. The molecule has 0 spiro atoms. The molecule has 3 N–H and O–H groups in total. The van der Waals surface area contributed by atoms with Gasteiger partial charge in [-0.3, -0.25) is 4.79 Å². The summed E-state index contributed by atoms with van der Waals surface area (Å²) in [4.78, 5) is 11.8. The second-order valence-electron chi connectivity index (χ2n) is 5.07. The van der Waals surface area contributed by atoms with Gasteiger partial charge in [0.1, 0.15) is 0 Å². The molecule has 0 aliphatic heterocycles. The molecule has 1 atom stereocenters. The predicted octanol–water partition coefficient (Wildman–Crippen LogP) is 2.40. The van der Waals surface area contributed by atoms with E-state index < -0.39 is 0 Å². The van der Waals surface area contributed by atoms with Gasteiger partial charge in [-0.15, -0.1) is 0 Å². The number of carbonyl (C=O) groups excluding carboxylic acids is 1. The van der Waals surface area contributed by atoms with Gasteiger partial charge in [0, 0.05) is 12.1 Å². The highest BCUT2D eigenvalue weighted by molar-refractivity contribution is 5.77. The van der Waals surface area contributed by atoms with Gasteiger partial charge in [-0.1, -0.05) is 19.9 Å². The number of methoxy groups -OCH3 is 1. The molecule has 0 aliphatic carbocycles. The van der Waals surface area contributed by atoms with Gasteiger partial charge in [-0.2, -0.15) is 0 Å². The van der Waals surface area contributed by atoms with Crippen molar-refractivity contribution in [3.8, 4) is 11.5 Å². The molecule has 0 saturated carbocycles. The lowest BCUT2D eigenvalue weighted by Crippen LogP contribution is -2.37. The van der Waals surface area contributed by atoms with Crippen molar-refractivity contribution in [1.29, 1.82) is 0 Å². The number of ether oxygens (including phenoxy) is 2. The van der Waals surface area contributed by atoms with Crippen LogP contribution in [0.4, 0.5) is 0 Å². The normalized spacial score (nSPS) is 12.1. The maximum absolute atomic E-state index is 11.8. The standard InChI is InChI=1S/C16H26N2O3/c1-5-13(6-2)18-16(19)10-21-14-8-7-12(11(3)17)9-15(14)20-4/h7-9,11,13H,5-6,10,17H2,1-4H3,(H,18,19)/t11-/m0/s1. The third-order valence-corrected chi connectivity index (χ3v) is 3.42. The number of hydrogen-bond acceptors (Lipinski definition) is 4. The Hall–Kier alpha value is -1.75. The molecule has 5 heteroatoms. The largest absolute Gasteiger partial charge is 0.493 e. The van der Waals surface area contributed by atoms with Crippen molar-refractivity contribution >= 4 is 5.91 Å². The van der Waals surface area contributed by atoms with Crippen molar-refractivity contribution in [2.75, 3.05) is 13.7 Å². The van der Waals surface area contributed by atoms with Crippen LogP contribution in [0.1, 0.15) is 45.2 Å². The van der Waals surface area contributed by atoms with E-state index in [2.05, 4.69) is 5.32 Å². The minimum Gasteiger partial charge on any atom is -0.493 e. The molecule has 0 bridgehead atoms. The summed E-state index contributed by atoms with van der Waals surface area (Å²) in [6, 6.07) is 5.61. The third-order valence-electron chi connectivity index (χ3n) is 3.42. The Bertz CT molecular complexity index is 457. The zero-order chi connectivity index (χ0) is 15.8. The van der Waals surface area contributed by atoms with Crippen LogP contribution in [0, 0.1) is 0 Å². The average molecular weight is 294 g/mol. The molecule has 1 amide bonds. The van der Waals surface area contributed by atoms with Crippen molar-refractivity contribution in [3.63, 3.8) is 0 Å². The van der Waals surface area contributed by atoms with E-state index >= 15 is 0 Å². The molecule has 0 aromatic heterocycles. The summed E-state index contributed by atoms with van der Waals surface area (Å²) in [5, 5.41) is 2.93. The molecule has 1 aromatic rings. The van der Waals surface area contributed by atoms with Gasteiger partial charge >= 0.3 is 0 Å². The fraction of sp³-hybridized carbons (Fsp3) is 0.562. The van der Waals surface area contributed by atoms with Crippen LogP contribution in [0.25, 0.3) is 0 Å². The van der Waals surface area contributed by atoms with Gasteiger partial charge < -0.3 is 20.5 Å². The zero-order valence-electron chi connectivity index (χ0n) is 13.3. The molecule has 118 valence electrons. The molecule has 0 fully saturated rings. The third kappa shape index (κ3) is 5.27. The van der Waals surface area contributed by atoms with E-state index in [4.69, 9.17) is 15.2 Å². The van der Waals surface area contributed by atoms with E-state index in [-0.39, 0.29) is 24.6 Å². The molecular weight excluding hydrogens is 268 g/mol. The smallest absolute Gasteiger partial charge is 0.258 e. The lowest BCUT2D eigenvalue weighted by molar-refractivity contribution is -0.123. The zero-order valence-corrected chi connectivity index (χ0v) is 13.3. The summed E-state index contributed by atoms with van der Waals surface area (Å²) >= 11 is 0. The number of amides is 1. The molecule has 0 aliphatic rings. The number of benzene rings is 1. The summed E-state index contributed by atoms with van der Waals surface area (Å²) in [6.07, 6.45) is 1.82. The number of rotatable bonds is 8. The Balaban J connectivity index is 2.64. The van der Waals surface area contributed by atoms with Crippen LogP contribution in [0.2, 0.25) is 0 Å². The van der Waals surface area contributed by atoms with E-state index in [1.54, 1.807) is 13.2 Å². The van der Waals surface area contributed by atoms with E-state index in [9.17, 15) is 4.79 Å². The van der Waals surface area contributed by atoms with E-state index in [1.807, 2.05) is 32.9 Å². The van der Waals surface area contributed by atoms with Gasteiger partial charge in [-0.25, -0.2) is 0 Å². The first-order valence-electron chi connectivity index (χ1n) is 7.37. The molecule has 1 aromatic carbocycles. The van der Waals surface area contributed by atoms with Gasteiger partial charge in [0.05, 0.1) is 7.11 Å². The topological polar surface area (TPSA) is 73.6 Å². The minimum atomic E-state index is -0.123. The first-order chi connectivity index (χ1) is 10.0. The number of nitrogens with one attached hydrogen (secondary N) is 1. The SMILES string of the molecule is CCC(CC)NC(=O)COc1ccc([C@H](C)N)cc1OC. The van der Waals surface area contributed by atoms with Crippen molar-refractivity contribution in [3.05, 3.63) is 23.8 Å². The van der Waals surface area contributed by atoms with E-state index in [1.165, 1.54) is 0 Å². The minimum absolute atomic E-state index is 0.0234. The van der Waals surface area contributed by atoms with E-state index in [0.29, 0.717) is 11.5 Å². The molecular formula is C16H26N2O3. The Kier molecular flexibility index (Phi) is 7.02. The second-order valence-corrected chi connectivity index (χ2v) is 5.07. The lowest BCUT2D eigenvalue weighted by atomic mass is 10.1. The lowest BCUT2D eigenvalue weighted by Gasteiger charge is -2.16. The molecule has 1 rings (SSSR count). The molecule has 0 radical (unpaired) electrons. The van der Waals surface area contributed by atoms with Crippen LogP contribution >= 0.6 is 0 Å².